The van der Waals surface area contributed by atoms with Gasteiger partial charge in [0.05, 0.1) is 33.4 Å². The van der Waals surface area contributed by atoms with Crippen LogP contribution in [0.3, 0.4) is 0 Å². The van der Waals surface area contributed by atoms with Crippen LogP contribution >= 0.6 is 0 Å². The Labute approximate surface area is 284 Å². The smallest absolute Gasteiger partial charge is 0.111 e. The summed E-state index contributed by atoms with van der Waals surface area (Å²) in [6, 6.07) is 48.7. The molecule has 0 aliphatic heterocycles. The lowest BCUT2D eigenvalue weighted by atomic mass is 9.82. The predicted octanol–water partition coefficient (Wildman–Crippen LogP) is 11.3. The van der Waals surface area contributed by atoms with Gasteiger partial charge >= 0.3 is 0 Å². The first-order valence-corrected chi connectivity index (χ1v) is 17.0. The number of aryl methyl sites for hydroxylation is 2. The van der Waals surface area contributed by atoms with Crippen molar-refractivity contribution in [2.24, 2.45) is 0 Å². The highest BCUT2D eigenvalue weighted by Crippen LogP contribution is 2.51. The van der Waals surface area contributed by atoms with E-state index in [1.165, 1.54) is 54.9 Å². The molecule has 7 aromatic carbocycles. The Morgan fingerprint density at radius 3 is 1.61 bits per heavy atom. The van der Waals surface area contributed by atoms with E-state index in [1.54, 1.807) is 0 Å². The van der Waals surface area contributed by atoms with Gasteiger partial charge in [0.15, 0.2) is 0 Å². The average molecular weight is 631 g/mol. The number of benzene rings is 7. The van der Waals surface area contributed by atoms with Gasteiger partial charge in [-0.2, -0.15) is 0 Å². The van der Waals surface area contributed by atoms with Crippen molar-refractivity contribution in [1.29, 1.82) is 0 Å². The van der Waals surface area contributed by atoms with Crippen LogP contribution < -0.4 is 0 Å². The first kappa shape index (κ1) is 28.1. The predicted molar refractivity (Wildman–Crippen MR) is 203 cm³/mol. The fourth-order valence-electron chi connectivity index (χ4n) is 8.61. The molecule has 0 saturated carbocycles. The molecule has 4 nitrogen and oxygen atoms in total. The molecule has 0 atom stereocenters. The first-order valence-electron chi connectivity index (χ1n) is 17.0. The van der Waals surface area contributed by atoms with Crippen molar-refractivity contribution >= 4 is 43.6 Å². The van der Waals surface area contributed by atoms with Crippen molar-refractivity contribution in [1.82, 2.24) is 19.1 Å². The Bertz CT molecular complexity index is 2690. The number of nitrogens with zero attached hydrogens (tertiary/aromatic N) is 4. The molecule has 0 bridgehead atoms. The summed E-state index contributed by atoms with van der Waals surface area (Å²) < 4.78 is 4.63. The quantitative estimate of drug-likeness (QED) is 0.182. The van der Waals surface area contributed by atoms with Gasteiger partial charge in [0, 0.05) is 16.2 Å². The number of aromatic nitrogens is 4. The lowest BCUT2D eigenvalue weighted by Crippen LogP contribution is -2.14. The molecule has 0 saturated heterocycles. The van der Waals surface area contributed by atoms with Gasteiger partial charge < -0.3 is 0 Å². The van der Waals surface area contributed by atoms with Gasteiger partial charge in [-0.15, -0.1) is 0 Å². The highest BCUT2D eigenvalue weighted by atomic mass is 15.1. The monoisotopic (exact) mass is 630 g/mol. The van der Waals surface area contributed by atoms with Crippen molar-refractivity contribution in [3.8, 4) is 33.6 Å². The zero-order valence-electron chi connectivity index (χ0n) is 28.0. The normalized spacial score (nSPS) is 13.5. The Morgan fingerprint density at radius 1 is 0.469 bits per heavy atom. The summed E-state index contributed by atoms with van der Waals surface area (Å²) >= 11 is 0. The van der Waals surface area contributed by atoms with Crippen LogP contribution in [-0.4, -0.2) is 19.1 Å². The maximum absolute atomic E-state index is 4.97. The third-order valence-corrected chi connectivity index (χ3v) is 10.8. The fraction of sp³-hybridized carbons (Fsp3) is 0.111. The van der Waals surface area contributed by atoms with Gasteiger partial charge in [-0.1, -0.05) is 98.8 Å². The minimum Gasteiger partial charge on any atom is -0.296 e. The molecule has 9 aromatic rings. The molecule has 0 fully saturated rings. The molecule has 0 unspecified atom stereocenters. The van der Waals surface area contributed by atoms with Crippen molar-refractivity contribution in [3.05, 3.63) is 156 Å². The maximum Gasteiger partial charge on any atom is 0.111 e. The van der Waals surface area contributed by atoms with Crippen molar-refractivity contribution in [2.45, 2.75) is 33.1 Å². The zero-order chi connectivity index (χ0) is 33.0. The van der Waals surface area contributed by atoms with Gasteiger partial charge in [0.1, 0.15) is 11.6 Å². The summed E-state index contributed by atoms with van der Waals surface area (Å²) in [6.45, 7) is 8.90. The third-order valence-electron chi connectivity index (χ3n) is 10.8. The van der Waals surface area contributed by atoms with Gasteiger partial charge in [-0.25, -0.2) is 9.97 Å². The molecule has 0 radical (unpaired) electrons. The van der Waals surface area contributed by atoms with E-state index in [1.807, 2.05) is 0 Å². The number of fused-ring (bicyclic) bond motifs is 7. The molecule has 2 aromatic heterocycles. The van der Waals surface area contributed by atoms with Crippen molar-refractivity contribution < 1.29 is 0 Å². The van der Waals surface area contributed by atoms with Crippen molar-refractivity contribution in [2.75, 3.05) is 0 Å². The zero-order valence-corrected chi connectivity index (χ0v) is 28.0. The van der Waals surface area contributed by atoms with Crippen LogP contribution in [-0.2, 0) is 5.41 Å². The molecule has 1 aliphatic rings. The summed E-state index contributed by atoms with van der Waals surface area (Å²) in [5, 5.41) is 4.81. The molecule has 0 spiro atoms. The van der Waals surface area contributed by atoms with Crippen LogP contribution in [0.5, 0.6) is 0 Å². The van der Waals surface area contributed by atoms with E-state index >= 15 is 0 Å². The van der Waals surface area contributed by atoms with Gasteiger partial charge in [0.25, 0.3) is 0 Å². The number of hydrogen-bond donors (Lipinski definition) is 0. The second-order valence-electron chi connectivity index (χ2n) is 13.9. The Balaban J connectivity index is 1.35. The van der Waals surface area contributed by atoms with Crippen LogP contribution in [0.1, 0.15) is 36.6 Å². The number of imidazole rings is 2. The van der Waals surface area contributed by atoms with E-state index in [0.717, 1.165) is 45.1 Å². The Hall–Kier alpha value is -6.00. The van der Waals surface area contributed by atoms with Gasteiger partial charge in [0.2, 0.25) is 0 Å². The fourth-order valence-corrected chi connectivity index (χ4v) is 8.61. The molecule has 49 heavy (non-hydrogen) atoms. The summed E-state index contributed by atoms with van der Waals surface area (Å²) in [6.07, 6.45) is 0. The van der Waals surface area contributed by atoms with E-state index in [2.05, 4.69) is 170 Å². The van der Waals surface area contributed by atoms with Crippen LogP contribution in [0, 0.1) is 13.8 Å². The van der Waals surface area contributed by atoms with E-state index in [0.29, 0.717) is 0 Å². The minimum atomic E-state index is -0.0500. The van der Waals surface area contributed by atoms with Crippen molar-refractivity contribution in [3.63, 3.8) is 0 Å². The lowest BCUT2D eigenvalue weighted by molar-refractivity contribution is 0.660. The topological polar surface area (TPSA) is 35.6 Å². The second-order valence-corrected chi connectivity index (χ2v) is 13.9. The van der Waals surface area contributed by atoms with Crippen LogP contribution in [0.15, 0.2) is 133 Å². The van der Waals surface area contributed by atoms with Crippen LogP contribution in [0.4, 0.5) is 0 Å². The summed E-state index contributed by atoms with van der Waals surface area (Å²) in [4.78, 5) is 9.94. The molecule has 0 amide bonds. The van der Waals surface area contributed by atoms with Gasteiger partial charge in [-0.05, 0) is 107 Å². The molecule has 1 aliphatic carbocycles. The summed E-state index contributed by atoms with van der Waals surface area (Å²) in [5.41, 5.74) is 14.3. The number of rotatable bonds is 3. The SMILES string of the molecule is Cc1nc2ccccc2n1-c1cccc2c(-c3ccc4c(c3)-c3ccccc3C4(C)C)c3cccc(-n4c(C)nc5ccccc54)c3cc12. The molecule has 0 N–H and O–H groups in total. The van der Waals surface area contributed by atoms with Gasteiger partial charge in [-0.3, -0.25) is 9.13 Å². The molecule has 4 heteroatoms. The van der Waals surface area contributed by atoms with Crippen LogP contribution in [0.25, 0.3) is 77.2 Å². The largest absolute Gasteiger partial charge is 0.296 e. The van der Waals surface area contributed by atoms with E-state index in [9.17, 15) is 0 Å². The molecular weight excluding hydrogens is 597 g/mol. The van der Waals surface area contributed by atoms with E-state index < -0.39 is 0 Å². The Kier molecular flexibility index (Phi) is 5.73. The number of para-hydroxylation sites is 4. The molecule has 10 rings (SSSR count). The highest BCUT2D eigenvalue weighted by molar-refractivity contribution is 6.17. The molecule has 2 heterocycles. The standard InChI is InChI=1S/C45H34N4/c1-27-46-38-17-7-9-19-42(38)48(27)40-21-11-14-31-34(40)26-35-32(15-12-22-41(35)49-28(2)47-39-18-8-10-20-43(39)49)44(31)29-23-24-37-33(25-29)30-13-5-6-16-36(30)45(37,3)4/h5-26H,1-4H3. The van der Waals surface area contributed by atoms with E-state index in [-0.39, 0.29) is 5.41 Å². The van der Waals surface area contributed by atoms with Crippen LogP contribution in [0.2, 0.25) is 0 Å². The summed E-state index contributed by atoms with van der Waals surface area (Å²) in [5.74, 6) is 1.94. The maximum atomic E-state index is 4.97. The van der Waals surface area contributed by atoms with E-state index in [4.69, 9.17) is 9.97 Å². The minimum absolute atomic E-state index is 0.0500. The third kappa shape index (κ3) is 3.86. The Morgan fingerprint density at radius 2 is 1.00 bits per heavy atom. The molecule has 234 valence electrons. The first-order chi connectivity index (χ1) is 23.9. The summed E-state index contributed by atoms with van der Waals surface area (Å²) in [7, 11) is 0. The number of hydrogen-bond acceptors (Lipinski definition) is 2. The lowest BCUT2D eigenvalue weighted by Gasteiger charge is -2.22. The molecular formula is C45H34N4. The average Bonchev–Trinajstić information content (AvgIpc) is 3.71. The highest BCUT2D eigenvalue weighted by Gasteiger charge is 2.35. The second kappa shape index (κ2) is 10.0.